The summed E-state index contributed by atoms with van der Waals surface area (Å²) in [4.78, 5) is 0. The quantitative estimate of drug-likeness (QED) is 0.483. The second-order valence-electron chi connectivity index (χ2n) is 5.70. The standard InChI is InChI=1S/C19H17Cl2F3O3/c1-12(2)26-13-4-3-5-14(10-13)27-15-6-7-17(25-9-8-18(20)21)16(11-15)19(22,23)24/h3-8,10-12H,9H2,1-2H3. The molecule has 0 radical (unpaired) electrons. The van der Waals surface area contributed by atoms with Crippen molar-refractivity contribution >= 4 is 23.2 Å². The molecule has 2 aromatic rings. The summed E-state index contributed by atoms with van der Waals surface area (Å²) in [5.74, 6) is 0.579. The van der Waals surface area contributed by atoms with Crippen LogP contribution in [0.5, 0.6) is 23.0 Å². The summed E-state index contributed by atoms with van der Waals surface area (Å²) in [6.07, 6.45) is -3.41. The molecule has 3 nitrogen and oxygen atoms in total. The molecular weight excluding hydrogens is 404 g/mol. The van der Waals surface area contributed by atoms with Crippen LogP contribution in [0.4, 0.5) is 13.2 Å². The topological polar surface area (TPSA) is 27.7 Å². The fourth-order valence-corrected chi connectivity index (χ4v) is 2.26. The SMILES string of the molecule is CC(C)Oc1cccc(Oc2ccc(OCC=C(Cl)Cl)c(C(F)(F)F)c2)c1. The van der Waals surface area contributed by atoms with Crippen LogP contribution in [0, 0.1) is 0 Å². The summed E-state index contributed by atoms with van der Waals surface area (Å²) in [5.41, 5.74) is -0.964. The Hall–Kier alpha value is -2.05. The van der Waals surface area contributed by atoms with Crippen LogP contribution in [0.3, 0.4) is 0 Å². The van der Waals surface area contributed by atoms with E-state index in [1.54, 1.807) is 24.3 Å². The van der Waals surface area contributed by atoms with Gasteiger partial charge in [-0.1, -0.05) is 29.3 Å². The number of alkyl halides is 3. The van der Waals surface area contributed by atoms with E-state index in [9.17, 15) is 13.2 Å². The normalized spacial score (nSPS) is 11.3. The minimum absolute atomic E-state index is 0.0160. The van der Waals surface area contributed by atoms with Crippen molar-refractivity contribution in [3.8, 4) is 23.0 Å². The van der Waals surface area contributed by atoms with E-state index in [4.69, 9.17) is 37.4 Å². The van der Waals surface area contributed by atoms with Crippen molar-refractivity contribution in [2.75, 3.05) is 6.61 Å². The van der Waals surface area contributed by atoms with Crippen LogP contribution in [0.1, 0.15) is 19.4 Å². The predicted molar refractivity (Wildman–Crippen MR) is 99.0 cm³/mol. The van der Waals surface area contributed by atoms with Gasteiger partial charge in [-0.3, -0.25) is 0 Å². The Labute approximate surface area is 165 Å². The minimum Gasteiger partial charge on any atom is -0.491 e. The van der Waals surface area contributed by atoms with Crippen LogP contribution >= 0.6 is 23.2 Å². The minimum atomic E-state index is -4.62. The predicted octanol–water partition coefficient (Wildman–Crippen LogP) is 6.98. The maximum absolute atomic E-state index is 13.3. The lowest BCUT2D eigenvalue weighted by atomic mass is 10.2. The third-order valence-electron chi connectivity index (χ3n) is 3.15. The number of halogens is 5. The second-order valence-corrected chi connectivity index (χ2v) is 6.71. The molecule has 2 rings (SSSR count). The molecule has 0 N–H and O–H groups in total. The van der Waals surface area contributed by atoms with Gasteiger partial charge < -0.3 is 14.2 Å². The van der Waals surface area contributed by atoms with Gasteiger partial charge in [0.1, 0.15) is 39.7 Å². The van der Waals surface area contributed by atoms with Gasteiger partial charge in [-0.05, 0) is 50.3 Å². The molecule has 0 saturated carbocycles. The van der Waals surface area contributed by atoms with Gasteiger partial charge in [0, 0.05) is 6.07 Å². The molecule has 0 spiro atoms. The number of benzene rings is 2. The van der Waals surface area contributed by atoms with Gasteiger partial charge in [0.25, 0.3) is 0 Å². The Morgan fingerprint density at radius 3 is 2.33 bits per heavy atom. The van der Waals surface area contributed by atoms with Crippen LogP contribution in [0.25, 0.3) is 0 Å². The molecule has 0 fully saturated rings. The smallest absolute Gasteiger partial charge is 0.420 e. The summed E-state index contributed by atoms with van der Waals surface area (Å²) >= 11 is 10.9. The van der Waals surface area contributed by atoms with Gasteiger partial charge in [0.05, 0.1) is 6.10 Å². The molecule has 0 aromatic heterocycles. The molecule has 0 bridgehead atoms. The molecular formula is C19H17Cl2F3O3. The fourth-order valence-electron chi connectivity index (χ4n) is 2.13. The average molecular weight is 421 g/mol. The largest absolute Gasteiger partial charge is 0.491 e. The lowest BCUT2D eigenvalue weighted by Gasteiger charge is -2.15. The summed E-state index contributed by atoms with van der Waals surface area (Å²) in [6.45, 7) is 3.54. The summed E-state index contributed by atoms with van der Waals surface area (Å²) in [5, 5.41) is 0. The van der Waals surface area contributed by atoms with E-state index in [1.807, 2.05) is 13.8 Å². The Bertz CT molecular complexity index is 801. The third kappa shape index (κ3) is 6.88. The van der Waals surface area contributed by atoms with Crippen molar-refractivity contribution < 1.29 is 27.4 Å². The molecule has 0 saturated heterocycles. The van der Waals surface area contributed by atoms with Crippen LogP contribution in [-0.4, -0.2) is 12.7 Å². The van der Waals surface area contributed by atoms with Crippen LogP contribution < -0.4 is 14.2 Å². The molecule has 0 aliphatic heterocycles. The van der Waals surface area contributed by atoms with E-state index in [2.05, 4.69) is 0 Å². The van der Waals surface area contributed by atoms with Gasteiger partial charge in [0.2, 0.25) is 0 Å². The Morgan fingerprint density at radius 2 is 1.70 bits per heavy atom. The number of hydrogen-bond acceptors (Lipinski definition) is 3. The van der Waals surface area contributed by atoms with Gasteiger partial charge in [-0.15, -0.1) is 0 Å². The lowest BCUT2D eigenvalue weighted by Crippen LogP contribution is -2.09. The van der Waals surface area contributed by atoms with Crippen molar-refractivity contribution in [2.45, 2.75) is 26.1 Å². The van der Waals surface area contributed by atoms with Gasteiger partial charge in [-0.2, -0.15) is 13.2 Å². The third-order valence-corrected chi connectivity index (χ3v) is 3.45. The van der Waals surface area contributed by atoms with Gasteiger partial charge in [-0.25, -0.2) is 0 Å². The first kappa shape index (κ1) is 21.3. The van der Waals surface area contributed by atoms with E-state index in [0.717, 1.165) is 6.07 Å². The van der Waals surface area contributed by atoms with E-state index in [-0.39, 0.29) is 28.7 Å². The molecule has 8 heteroatoms. The first-order valence-electron chi connectivity index (χ1n) is 7.95. The van der Waals surface area contributed by atoms with E-state index >= 15 is 0 Å². The molecule has 0 amide bonds. The van der Waals surface area contributed by atoms with E-state index in [0.29, 0.717) is 11.5 Å². The molecule has 27 heavy (non-hydrogen) atoms. The maximum atomic E-state index is 13.3. The lowest BCUT2D eigenvalue weighted by molar-refractivity contribution is -0.139. The fraction of sp³-hybridized carbons (Fsp3) is 0.263. The zero-order valence-corrected chi connectivity index (χ0v) is 16.0. The first-order chi connectivity index (χ1) is 12.6. The van der Waals surface area contributed by atoms with Gasteiger partial charge in [0.15, 0.2) is 0 Å². The summed E-state index contributed by atoms with van der Waals surface area (Å²) < 4.78 is 56.1. The Morgan fingerprint density at radius 1 is 1.04 bits per heavy atom. The highest BCUT2D eigenvalue weighted by atomic mass is 35.5. The molecule has 0 heterocycles. The number of hydrogen-bond donors (Lipinski definition) is 0. The molecule has 146 valence electrons. The van der Waals surface area contributed by atoms with Crippen LogP contribution in [0.2, 0.25) is 0 Å². The highest BCUT2D eigenvalue weighted by Gasteiger charge is 2.35. The number of rotatable bonds is 7. The van der Waals surface area contributed by atoms with Crippen LogP contribution in [0.15, 0.2) is 53.0 Å². The first-order valence-corrected chi connectivity index (χ1v) is 8.70. The monoisotopic (exact) mass is 420 g/mol. The highest BCUT2D eigenvalue weighted by Crippen LogP contribution is 2.39. The zero-order valence-electron chi connectivity index (χ0n) is 14.5. The van der Waals surface area contributed by atoms with E-state index in [1.165, 1.54) is 18.2 Å². The van der Waals surface area contributed by atoms with Crippen molar-refractivity contribution in [2.24, 2.45) is 0 Å². The zero-order chi connectivity index (χ0) is 20.0. The molecule has 0 aliphatic rings. The summed E-state index contributed by atoms with van der Waals surface area (Å²) in [6, 6.07) is 10.1. The van der Waals surface area contributed by atoms with Crippen molar-refractivity contribution in [3.05, 3.63) is 58.6 Å². The molecule has 0 atom stereocenters. The molecule has 2 aromatic carbocycles. The van der Waals surface area contributed by atoms with Crippen molar-refractivity contribution in [1.29, 1.82) is 0 Å². The van der Waals surface area contributed by atoms with Gasteiger partial charge >= 0.3 is 6.18 Å². The van der Waals surface area contributed by atoms with Crippen LogP contribution in [-0.2, 0) is 6.18 Å². The highest BCUT2D eigenvalue weighted by molar-refractivity contribution is 6.55. The van der Waals surface area contributed by atoms with Crippen molar-refractivity contribution in [1.82, 2.24) is 0 Å². The maximum Gasteiger partial charge on any atom is 0.420 e. The second kappa shape index (κ2) is 9.24. The summed E-state index contributed by atoms with van der Waals surface area (Å²) in [7, 11) is 0. The number of ether oxygens (including phenoxy) is 3. The molecule has 0 aliphatic carbocycles. The molecule has 0 unspecified atom stereocenters. The van der Waals surface area contributed by atoms with Crippen molar-refractivity contribution in [3.63, 3.8) is 0 Å². The average Bonchev–Trinajstić information content (AvgIpc) is 2.54. The van der Waals surface area contributed by atoms with E-state index < -0.39 is 11.7 Å². The Balaban J connectivity index is 2.24. The Kier molecular flexibility index (Phi) is 7.27.